The fourth-order valence-corrected chi connectivity index (χ4v) is 4.20. The van der Waals surface area contributed by atoms with Crippen LogP contribution in [0.15, 0.2) is 48.3 Å². The third kappa shape index (κ3) is 3.50. The van der Waals surface area contributed by atoms with Crippen molar-refractivity contribution in [2.24, 2.45) is 0 Å². The minimum atomic E-state index is 0.0400. The van der Waals surface area contributed by atoms with Gasteiger partial charge in [-0.15, -0.1) is 0 Å². The average Bonchev–Trinajstić information content (AvgIpc) is 3.41. The highest BCUT2D eigenvalue weighted by atomic mass is 16.5. The molecule has 3 aromatic rings. The lowest BCUT2D eigenvalue weighted by molar-refractivity contribution is -0.134. The van der Waals surface area contributed by atoms with Crippen LogP contribution >= 0.6 is 0 Å². The number of pyridine rings is 1. The molecule has 2 aromatic heterocycles. The summed E-state index contributed by atoms with van der Waals surface area (Å²) in [5, 5.41) is 15.2. The molecule has 0 radical (unpaired) electrons. The fourth-order valence-electron chi connectivity index (χ4n) is 4.20. The molecule has 0 saturated heterocycles. The number of rotatable bonds is 5. The number of hydrogen-bond donors (Lipinski definition) is 3. The van der Waals surface area contributed by atoms with Crippen LogP contribution in [0.25, 0.3) is 10.9 Å². The van der Waals surface area contributed by atoms with Crippen LogP contribution in [0.5, 0.6) is 0 Å². The van der Waals surface area contributed by atoms with Gasteiger partial charge in [-0.05, 0) is 36.3 Å². The van der Waals surface area contributed by atoms with Crippen molar-refractivity contribution in [2.75, 3.05) is 37.4 Å². The number of fused-ring (bicyclic) bond motifs is 2. The van der Waals surface area contributed by atoms with Gasteiger partial charge in [-0.25, -0.2) is 4.98 Å². The van der Waals surface area contributed by atoms with Crippen molar-refractivity contribution in [3.05, 3.63) is 53.9 Å². The average molecular weight is 404 g/mol. The molecule has 0 bridgehead atoms. The first kappa shape index (κ1) is 18.6. The number of benzene rings is 1. The number of nitrogens with zero attached hydrogens (tertiary/aromatic N) is 3. The van der Waals surface area contributed by atoms with Gasteiger partial charge in [0.05, 0.1) is 17.8 Å². The lowest BCUT2D eigenvalue weighted by Crippen LogP contribution is -2.38. The molecule has 1 aromatic carbocycles. The summed E-state index contributed by atoms with van der Waals surface area (Å²) in [5.41, 5.74) is 5.62. The van der Waals surface area contributed by atoms with Gasteiger partial charge in [0, 0.05) is 55.1 Å². The Morgan fingerprint density at radius 2 is 2.30 bits per heavy atom. The standard InChI is InChI=1S/C22H24N6O2/c1-30-13-21(29)28-8-5-14(6-9-28)20-11-17-19(4-7-23-22(17)26-20)25-16-2-3-18-15(10-16)12-24-27-18/h2-5,7,10,12,20H,6,8-9,11,13H2,1H3,(H,24,27)(H2,23,25,26). The van der Waals surface area contributed by atoms with Gasteiger partial charge in [0.2, 0.25) is 5.91 Å². The second-order valence-corrected chi connectivity index (χ2v) is 7.69. The molecule has 2 aliphatic rings. The Labute approximate surface area is 174 Å². The minimum Gasteiger partial charge on any atom is -0.375 e. The smallest absolute Gasteiger partial charge is 0.248 e. The van der Waals surface area contributed by atoms with Crippen LogP contribution in [-0.2, 0) is 16.0 Å². The van der Waals surface area contributed by atoms with Gasteiger partial charge in [-0.3, -0.25) is 9.89 Å². The van der Waals surface area contributed by atoms with E-state index in [1.165, 1.54) is 11.1 Å². The van der Waals surface area contributed by atoms with E-state index in [-0.39, 0.29) is 18.6 Å². The molecule has 1 amide bonds. The molecular formula is C22H24N6O2. The third-order valence-electron chi connectivity index (χ3n) is 5.81. The SMILES string of the molecule is COCC(=O)N1CC=C(C2Cc3c(Nc4ccc5[nH]ncc5c4)ccnc3N2)CC1. The van der Waals surface area contributed by atoms with Gasteiger partial charge in [0.1, 0.15) is 12.4 Å². The molecule has 30 heavy (non-hydrogen) atoms. The third-order valence-corrected chi connectivity index (χ3v) is 5.81. The van der Waals surface area contributed by atoms with E-state index in [1.807, 2.05) is 35.5 Å². The van der Waals surface area contributed by atoms with Gasteiger partial charge in [-0.2, -0.15) is 5.10 Å². The number of ether oxygens (including phenoxy) is 1. The van der Waals surface area contributed by atoms with Gasteiger partial charge < -0.3 is 20.3 Å². The summed E-state index contributed by atoms with van der Waals surface area (Å²) < 4.78 is 4.96. The number of carbonyl (C=O) groups excluding carboxylic acids is 1. The summed E-state index contributed by atoms with van der Waals surface area (Å²) in [4.78, 5) is 18.4. The number of anilines is 3. The maximum Gasteiger partial charge on any atom is 0.248 e. The first-order valence-corrected chi connectivity index (χ1v) is 10.1. The van der Waals surface area contributed by atoms with E-state index in [1.54, 1.807) is 7.11 Å². The Balaban J connectivity index is 1.31. The van der Waals surface area contributed by atoms with Crippen molar-refractivity contribution < 1.29 is 9.53 Å². The summed E-state index contributed by atoms with van der Waals surface area (Å²) in [5.74, 6) is 0.964. The van der Waals surface area contributed by atoms with Gasteiger partial charge in [-0.1, -0.05) is 6.08 Å². The highest BCUT2D eigenvalue weighted by Crippen LogP contribution is 2.35. The Hall–Kier alpha value is -3.39. The zero-order chi connectivity index (χ0) is 20.5. The second-order valence-electron chi connectivity index (χ2n) is 7.69. The number of H-pyrrole nitrogens is 1. The Morgan fingerprint density at radius 1 is 1.37 bits per heavy atom. The largest absolute Gasteiger partial charge is 0.375 e. The highest BCUT2D eigenvalue weighted by molar-refractivity contribution is 5.83. The summed E-state index contributed by atoms with van der Waals surface area (Å²) >= 11 is 0. The van der Waals surface area contributed by atoms with Gasteiger partial charge in [0.15, 0.2) is 0 Å². The quantitative estimate of drug-likeness (QED) is 0.566. The summed E-state index contributed by atoms with van der Waals surface area (Å²) in [6.45, 7) is 1.50. The normalized spacial score (nSPS) is 18.1. The first-order valence-electron chi connectivity index (χ1n) is 10.1. The van der Waals surface area contributed by atoms with Crippen LogP contribution in [0, 0.1) is 0 Å². The van der Waals surface area contributed by atoms with Crippen molar-refractivity contribution in [3.8, 4) is 0 Å². The zero-order valence-corrected chi connectivity index (χ0v) is 16.8. The monoisotopic (exact) mass is 404 g/mol. The van der Waals surface area contributed by atoms with E-state index in [0.717, 1.165) is 47.5 Å². The molecule has 1 atom stereocenters. The Kier molecular flexibility index (Phi) is 4.84. The Morgan fingerprint density at radius 3 is 3.13 bits per heavy atom. The Bertz CT molecular complexity index is 1120. The molecule has 8 nitrogen and oxygen atoms in total. The molecule has 2 aliphatic heterocycles. The summed E-state index contributed by atoms with van der Waals surface area (Å²) in [6.07, 6.45) is 7.55. The molecule has 8 heteroatoms. The highest BCUT2D eigenvalue weighted by Gasteiger charge is 2.29. The number of aromatic amines is 1. The maximum atomic E-state index is 12.0. The van der Waals surface area contributed by atoms with E-state index >= 15 is 0 Å². The number of amides is 1. The van der Waals surface area contributed by atoms with Crippen LogP contribution in [0.2, 0.25) is 0 Å². The molecule has 1 unspecified atom stereocenters. The molecule has 154 valence electrons. The summed E-state index contributed by atoms with van der Waals surface area (Å²) in [6, 6.07) is 8.38. The lowest BCUT2D eigenvalue weighted by atomic mass is 9.97. The predicted molar refractivity (Wildman–Crippen MR) is 116 cm³/mol. The minimum absolute atomic E-state index is 0.0400. The van der Waals surface area contributed by atoms with Crippen LogP contribution in [0.1, 0.15) is 12.0 Å². The molecule has 4 heterocycles. The van der Waals surface area contributed by atoms with Crippen LogP contribution in [-0.4, -0.2) is 58.8 Å². The molecule has 0 aliphatic carbocycles. The molecular weight excluding hydrogens is 380 g/mol. The second kappa shape index (κ2) is 7.79. The van der Waals surface area contributed by atoms with Crippen molar-refractivity contribution in [2.45, 2.75) is 18.9 Å². The topological polar surface area (TPSA) is 95.2 Å². The number of carbonyl (C=O) groups is 1. The molecule has 5 rings (SSSR count). The van der Waals surface area contributed by atoms with Crippen LogP contribution < -0.4 is 10.6 Å². The van der Waals surface area contributed by atoms with E-state index in [9.17, 15) is 4.79 Å². The van der Waals surface area contributed by atoms with Crippen molar-refractivity contribution in [1.29, 1.82) is 0 Å². The van der Waals surface area contributed by atoms with Crippen molar-refractivity contribution in [3.63, 3.8) is 0 Å². The number of methoxy groups -OCH3 is 1. The van der Waals surface area contributed by atoms with E-state index in [2.05, 4.69) is 38.0 Å². The zero-order valence-electron chi connectivity index (χ0n) is 16.8. The van der Waals surface area contributed by atoms with E-state index < -0.39 is 0 Å². The number of hydrogen-bond acceptors (Lipinski definition) is 6. The van der Waals surface area contributed by atoms with Gasteiger partial charge >= 0.3 is 0 Å². The van der Waals surface area contributed by atoms with Crippen LogP contribution in [0.4, 0.5) is 17.2 Å². The lowest BCUT2D eigenvalue weighted by Gasteiger charge is -2.28. The van der Waals surface area contributed by atoms with E-state index in [4.69, 9.17) is 4.74 Å². The fraction of sp³-hybridized carbons (Fsp3) is 0.318. The van der Waals surface area contributed by atoms with Crippen molar-refractivity contribution in [1.82, 2.24) is 20.1 Å². The summed E-state index contributed by atoms with van der Waals surface area (Å²) in [7, 11) is 1.55. The predicted octanol–water partition coefficient (Wildman–Crippen LogP) is 2.84. The molecule has 3 N–H and O–H groups in total. The van der Waals surface area contributed by atoms with Crippen molar-refractivity contribution >= 4 is 34.0 Å². The molecule has 0 saturated carbocycles. The number of aromatic nitrogens is 3. The van der Waals surface area contributed by atoms with Crippen LogP contribution in [0.3, 0.4) is 0 Å². The first-order chi connectivity index (χ1) is 14.7. The van der Waals surface area contributed by atoms with E-state index in [0.29, 0.717) is 6.54 Å². The maximum absolute atomic E-state index is 12.0. The molecule has 0 fully saturated rings. The van der Waals surface area contributed by atoms with Gasteiger partial charge in [0.25, 0.3) is 0 Å². The molecule has 0 spiro atoms. The number of nitrogens with one attached hydrogen (secondary N) is 3.